The van der Waals surface area contributed by atoms with Crippen LogP contribution < -0.4 is 5.32 Å². The number of hydrogen-bond acceptors (Lipinski definition) is 3. The summed E-state index contributed by atoms with van der Waals surface area (Å²) in [7, 11) is 1.85. The first kappa shape index (κ1) is 13.4. The number of anilines is 1. The number of amides is 2. The molecule has 0 bridgehead atoms. The predicted octanol–water partition coefficient (Wildman–Crippen LogP) is 1.03. The van der Waals surface area contributed by atoms with E-state index in [1.807, 2.05) is 31.3 Å². The van der Waals surface area contributed by atoms with Gasteiger partial charge in [-0.15, -0.1) is 0 Å². The van der Waals surface area contributed by atoms with Crippen molar-refractivity contribution in [1.29, 1.82) is 0 Å². The summed E-state index contributed by atoms with van der Waals surface area (Å²) in [4.78, 5) is 27.1. The monoisotopic (exact) mass is 261 g/mol. The van der Waals surface area contributed by atoms with E-state index in [9.17, 15) is 9.59 Å². The molecule has 0 spiro atoms. The van der Waals surface area contributed by atoms with E-state index >= 15 is 0 Å². The summed E-state index contributed by atoms with van der Waals surface area (Å²) in [6.07, 6.45) is 0. The highest BCUT2D eigenvalue weighted by molar-refractivity contribution is 5.94. The molecule has 0 saturated carbocycles. The number of carbonyl (C=O) groups is 2. The molecule has 1 aromatic carbocycles. The minimum atomic E-state index is 0.0332. The number of nitrogens with one attached hydrogen (secondary N) is 1. The van der Waals surface area contributed by atoms with Gasteiger partial charge in [0.2, 0.25) is 5.91 Å². The van der Waals surface area contributed by atoms with Gasteiger partial charge in [0, 0.05) is 51.4 Å². The van der Waals surface area contributed by atoms with Gasteiger partial charge in [0.1, 0.15) is 0 Å². The van der Waals surface area contributed by atoms with E-state index in [-0.39, 0.29) is 11.8 Å². The Bertz CT molecular complexity index is 462. The molecule has 0 unspecified atom stereocenters. The summed E-state index contributed by atoms with van der Waals surface area (Å²) in [5, 5.41) is 3.02. The van der Waals surface area contributed by atoms with Gasteiger partial charge in [-0.05, 0) is 24.3 Å². The zero-order valence-corrected chi connectivity index (χ0v) is 11.3. The highest BCUT2D eigenvalue weighted by Gasteiger charge is 2.22. The molecule has 0 aromatic heterocycles. The molecule has 1 N–H and O–H groups in total. The fourth-order valence-corrected chi connectivity index (χ4v) is 2.19. The molecule has 5 nitrogen and oxygen atoms in total. The van der Waals surface area contributed by atoms with Gasteiger partial charge in [0.25, 0.3) is 5.91 Å². The minimum Gasteiger partial charge on any atom is -0.388 e. The van der Waals surface area contributed by atoms with Crippen LogP contribution in [-0.2, 0) is 4.79 Å². The third-order valence-corrected chi connectivity index (χ3v) is 3.43. The maximum absolute atomic E-state index is 12.3. The third-order valence-electron chi connectivity index (χ3n) is 3.43. The van der Waals surface area contributed by atoms with Crippen LogP contribution >= 0.6 is 0 Å². The van der Waals surface area contributed by atoms with Crippen LogP contribution in [0.5, 0.6) is 0 Å². The number of piperazine rings is 1. The SMILES string of the molecule is CNc1ccc(C(=O)N2CCN(C(C)=O)CC2)cc1. The number of benzene rings is 1. The highest BCUT2D eigenvalue weighted by atomic mass is 16.2. The Labute approximate surface area is 113 Å². The third kappa shape index (κ3) is 3.05. The predicted molar refractivity (Wildman–Crippen MR) is 74.1 cm³/mol. The van der Waals surface area contributed by atoms with Crippen molar-refractivity contribution in [2.45, 2.75) is 6.92 Å². The molecular weight excluding hydrogens is 242 g/mol. The van der Waals surface area contributed by atoms with Crippen LogP contribution in [0.1, 0.15) is 17.3 Å². The first-order valence-electron chi connectivity index (χ1n) is 6.44. The van der Waals surface area contributed by atoms with Crippen molar-refractivity contribution < 1.29 is 9.59 Å². The lowest BCUT2D eigenvalue weighted by Crippen LogP contribution is -2.50. The van der Waals surface area contributed by atoms with Crippen molar-refractivity contribution in [2.24, 2.45) is 0 Å². The van der Waals surface area contributed by atoms with Crippen molar-refractivity contribution in [3.05, 3.63) is 29.8 Å². The van der Waals surface area contributed by atoms with Gasteiger partial charge in [-0.25, -0.2) is 0 Å². The number of hydrogen-bond donors (Lipinski definition) is 1. The second-order valence-electron chi connectivity index (χ2n) is 4.63. The van der Waals surface area contributed by atoms with Crippen molar-refractivity contribution in [1.82, 2.24) is 9.80 Å². The lowest BCUT2D eigenvalue weighted by Gasteiger charge is -2.34. The van der Waals surface area contributed by atoms with Crippen LogP contribution in [0.2, 0.25) is 0 Å². The molecule has 2 amide bonds. The van der Waals surface area contributed by atoms with Gasteiger partial charge in [0.05, 0.1) is 0 Å². The second-order valence-corrected chi connectivity index (χ2v) is 4.63. The van der Waals surface area contributed by atoms with Gasteiger partial charge in [-0.2, -0.15) is 0 Å². The van der Waals surface area contributed by atoms with Crippen LogP contribution in [-0.4, -0.2) is 54.8 Å². The molecule has 1 saturated heterocycles. The average molecular weight is 261 g/mol. The standard InChI is InChI=1S/C14H19N3O2/c1-11(18)16-7-9-17(10-8-16)14(19)12-3-5-13(15-2)6-4-12/h3-6,15H,7-10H2,1-2H3. The zero-order valence-electron chi connectivity index (χ0n) is 11.3. The molecule has 5 heteroatoms. The van der Waals surface area contributed by atoms with E-state index in [4.69, 9.17) is 0 Å². The summed E-state index contributed by atoms with van der Waals surface area (Å²) in [5.74, 6) is 0.108. The molecular formula is C14H19N3O2. The molecule has 1 aliphatic heterocycles. The maximum Gasteiger partial charge on any atom is 0.253 e. The Morgan fingerprint density at radius 1 is 1.00 bits per heavy atom. The molecule has 0 atom stereocenters. The van der Waals surface area contributed by atoms with Gasteiger partial charge in [0.15, 0.2) is 0 Å². The number of rotatable bonds is 2. The quantitative estimate of drug-likeness (QED) is 0.865. The van der Waals surface area contributed by atoms with E-state index in [1.165, 1.54) is 0 Å². The van der Waals surface area contributed by atoms with Crippen LogP contribution in [0.4, 0.5) is 5.69 Å². The van der Waals surface area contributed by atoms with Crippen LogP contribution in [0.15, 0.2) is 24.3 Å². The van der Waals surface area contributed by atoms with Crippen LogP contribution in [0, 0.1) is 0 Å². The molecule has 1 aliphatic rings. The van der Waals surface area contributed by atoms with Crippen molar-refractivity contribution >= 4 is 17.5 Å². The summed E-state index contributed by atoms with van der Waals surface area (Å²) in [6.45, 7) is 4.01. The average Bonchev–Trinajstić information content (AvgIpc) is 2.46. The van der Waals surface area contributed by atoms with E-state index in [0.717, 1.165) is 5.69 Å². The summed E-state index contributed by atoms with van der Waals surface area (Å²) >= 11 is 0. The molecule has 1 aromatic rings. The first-order chi connectivity index (χ1) is 9.11. The lowest BCUT2D eigenvalue weighted by atomic mass is 10.1. The lowest BCUT2D eigenvalue weighted by molar-refractivity contribution is -0.130. The Balaban J connectivity index is 1.98. The molecule has 2 rings (SSSR count). The molecule has 1 heterocycles. The van der Waals surface area contributed by atoms with Crippen molar-refractivity contribution in [3.63, 3.8) is 0 Å². The molecule has 19 heavy (non-hydrogen) atoms. The summed E-state index contributed by atoms with van der Waals surface area (Å²) in [6, 6.07) is 7.43. The van der Waals surface area contributed by atoms with E-state index in [0.29, 0.717) is 31.7 Å². The molecule has 1 fully saturated rings. The largest absolute Gasteiger partial charge is 0.388 e. The van der Waals surface area contributed by atoms with Gasteiger partial charge in [-0.3, -0.25) is 9.59 Å². The Morgan fingerprint density at radius 2 is 1.53 bits per heavy atom. The van der Waals surface area contributed by atoms with Gasteiger partial charge in [-0.1, -0.05) is 0 Å². The smallest absolute Gasteiger partial charge is 0.253 e. The molecule has 0 radical (unpaired) electrons. The number of carbonyl (C=O) groups excluding carboxylic acids is 2. The molecule has 0 aliphatic carbocycles. The molecule has 102 valence electrons. The van der Waals surface area contributed by atoms with Crippen LogP contribution in [0.3, 0.4) is 0 Å². The Hall–Kier alpha value is -2.04. The topological polar surface area (TPSA) is 52.7 Å². The maximum atomic E-state index is 12.3. The Morgan fingerprint density at radius 3 is 2.00 bits per heavy atom. The van der Waals surface area contributed by atoms with E-state index in [1.54, 1.807) is 16.7 Å². The summed E-state index contributed by atoms with van der Waals surface area (Å²) in [5.41, 5.74) is 1.67. The minimum absolute atomic E-state index is 0.0332. The fourth-order valence-electron chi connectivity index (χ4n) is 2.19. The second kappa shape index (κ2) is 5.73. The van der Waals surface area contributed by atoms with Gasteiger partial charge < -0.3 is 15.1 Å². The normalized spacial score (nSPS) is 15.3. The van der Waals surface area contributed by atoms with E-state index in [2.05, 4.69) is 5.32 Å². The number of nitrogens with zero attached hydrogens (tertiary/aromatic N) is 2. The van der Waals surface area contributed by atoms with Crippen molar-refractivity contribution in [3.8, 4) is 0 Å². The van der Waals surface area contributed by atoms with Gasteiger partial charge >= 0.3 is 0 Å². The van der Waals surface area contributed by atoms with E-state index < -0.39 is 0 Å². The summed E-state index contributed by atoms with van der Waals surface area (Å²) < 4.78 is 0. The van der Waals surface area contributed by atoms with Crippen LogP contribution in [0.25, 0.3) is 0 Å². The zero-order chi connectivity index (χ0) is 13.8. The first-order valence-corrected chi connectivity index (χ1v) is 6.44. The fraction of sp³-hybridized carbons (Fsp3) is 0.429. The Kier molecular flexibility index (Phi) is 4.04. The highest BCUT2D eigenvalue weighted by Crippen LogP contribution is 2.12. The van der Waals surface area contributed by atoms with Crippen molar-refractivity contribution in [2.75, 3.05) is 38.5 Å².